The molecule has 1 aliphatic rings. The van der Waals surface area contributed by atoms with Crippen molar-refractivity contribution in [2.75, 3.05) is 0 Å². The third kappa shape index (κ3) is 2.59. The van der Waals surface area contributed by atoms with Gasteiger partial charge in [0.2, 0.25) is 0 Å². The summed E-state index contributed by atoms with van der Waals surface area (Å²) in [6, 6.07) is 5.80. The number of hydrogen-bond donors (Lipinski definition) is 0. The van der Waals surface area contributed by atoms with Crippen LogP contribution in [-0.2, 0) is 9.31 Å². The highest BCUT2D eigenvalue weighted by Gasteiger charge is 2.49. The van der Waals surface area contributed by atoms with Gasteiger partial charge in [-0.25, -0.2) is 0 Å². The van der Waals surface area contributed by atoms with Crippen molar-refractivity contribution in [3.05, 3.63) is 36.1 Å². The second-order valence-corrected chi connectivity index (χ2v) is 5.24. The van der Waals surface area contributed by atoms with Gasteiger partial charge in [0.1, 0.15) is 0 Å². The Bertz CT molecular complexity index is 399. The smallest absolute Gasteiger partial charge is 0.400 e. The lowest BCUT2D eigenvalue weighted by Gasteiger charge is -2.32. The maximum atomic E-state index is 5.85. The molecule has 0 amide bonds. The van der Waals surface area contributed by atoms with Gasteiger partial charge in [0.25, 0.3) is 0 Å². The van der Waals surface area contributed by atoms with Crippen molar-refractivity contribution in [1.29, 1.82) is 0 Å². The minimum absolute atomic E-state index is 0.286. The quantitative estimate of drug-likeness (QED) is 0.733. The predicted octanol–water partition coefficient (Wildman–Crippen LogP) is 2.73. The van der Waals surface area contributed by atoms with Crippen LogP contribution < -0.4 is 0 Å². The largest absolute Gasteiger partial charge is 0.487 e. The molecule has 1 fully saturated rings. The van der Waals surface area contributed by atoms with Crippen molar-refractivity contribution >= 4 is 13.2 Å². The van der Waals surface area contributed by atoms with E-state index >= 15 is 0 Å². The summed E-state index contributed by atoms with van der Waals surface area (Å²) in [6.07, 6.45) is 3.69. The molecule has 0 saturated carbocycles. The Balaban J connectivity index is 2.06. The Kier molecular flexibility index (Phi) is 3.10. The van der Waals surface area contributed by atoms with Crippen molar-refractivity contribution < 1.29 is 9.31 Å². The normalized spacial score (nSPS) is 22.2. The first-order valence-corrected chi connectivity index (χ1v) is 5.86. The fourth-order valence-electron chi connectivity index (χ4n) is 1.62. The lowest BCUT2D eigenvalue weighted by Crippen LogP contribution is -2.41. The summed E-state index contributed by atoms with van der Waals surface area (Å²) in [6.45, 7) is 8.17. The molecular weight excluding hydrogens is 213 g/mol. The van der Waals surface area contributed by atoms with Crippen LogP contribution in [0.1, 0.15) is 33.4 Å². The van der Waals surface area contributed by atoms with Crippen LogP contribution in [-0.4, -0.2) is 23.3 Å². The standard InChI is InChI=1S/C13H18BNO2/c1-12(2)13(3,4)17-14(16-12)9-8-11-7-5-6-10-15-11/h5-10H,1-4H3/b9-8+. The third-order valence-electron chi connectivity index (χ3n) is 3.38. The topological polar surface area (TPSA) is 31.4 Å². The molecule has 90 valence electrons. The average Bonchev–Trinajstić information content (AvgIpc) is 2.46. The minimum atomic E-state index is -0.304. The lowest BCUT2D eigenvalue weighted by atomic mass is 9.90. The van der Waals surface area contributed by atoms with Crippen LogP contribution in [0.4, 0.5) is 0 Å². The van der Waals surface area contributed by atoms with Crippen molar-refractivity contribution in [3.8, 4) is 0 Å². The van der Waals surface area contributed by atoms with Gasteiger partial charge >= 0.3 is 7.12 Å². The summed E-state index contributed by atoms with van der Waals surface area (Å²) in [7, 11) is -0.304. The van der Waals surface area contributed by atoms with Crippen molar-refractivity contribution in [3.63, 3.8) is 0 Å². The van der Waals surface area contributed by atoms with E-state index in [1.807, 2.05) is 57.9 Å². The average molecular weight is 231 g/mol. The summed E-state index contributed by atoms with van der Waals surface area (Å²) >= 11 is 0. The molecule has 1 aromatic heterocycles. The number of pyridine rings is 1. The van der Waals surface area contributed by atoms with Crippen LogP contribution in [0.25, 0.3) is 6.08 Å². The number of rotatable bonds is 2. The van der Waals surface area contributed by atoms with E-state index in [2.05, 4.69) is 4.98 Å². The van der Waals surface area contributed by atoms with E-state index in [0.717, 1.165) is 5.69 Å². The van der Waals surface area contributed by atoms with Crippen LogP contribution >= 0.6 is 0 Å². The highest BCUT2D eigenvalue weighted by atomic mass is 16.7. The number of aromatic nitrogens is 1. The van der Waals surface area contributed by atoms with E-state index in [1.54, 1.807) is 6.20 Å². The second-order valence-electron chi connectivity index (χ2n) is 5.24. The Morgan fingerprint density at radius 1 is 1.12 bits per heavy atom. The fourth-order valence-corrected chi connectivity index (χ4v) is 1.62. The molecule has 0 atom stereocenters. The molecule has 0 radical (unpaired) electrons. The summed E-state index contributed by atoms with van der Waals surface area (Å²) in [5.41, 5.74) is 0.334. The van der Waals surface area contributed by atoms with Gasteiger partial charge in [0, 0.05) is 6.20 Å². The van der Waals surface area contributed by atoms with Crippen molar-refractivity contribution in [1.82, 2.24) is 4.98 Å². The van der Waals surface area contributed by atoms with Gasteiger partial charge in [0.05, 0.1) is 16.9 Å². The van der Waals surface area contributed by atoms with Gasteiger partial charge in [-0.2, -0.15) is 0 Å². The minimum Gasteiger partial charge on any atom is -0.400 e. The molecule has 0 aromatic carbocycles. The molecule has 17 heavy (non-hydrogen) atoms. The van der Waals surface area contributed by atoms with Crippen molar-refractivity contribution in [2.45, 2.75) is 38.9 Å². The Morgan fingerprint density at radius 3 is 2.29 bits per heavy atom. The monoisotopic (exact) mass is 231 g/mol. The molecule has 0 bridgehead atoms. The van der Waals surface area contributed by atoms with Crippen LogP contribution in [0.15, 0.2) is 30.4 Å². The first kappa shape index (κ1) is 12.3. The van der Waals surface area contributed by atoms with Gasteiger partial charge in [-0.05, 0) is 45.9 Å². The first-order chi connectivity index (χ1) is 7.91. The van der Waals surface area contributed by atoms with E-state index < -0.39 is 0 Å². The SMILES string of the molecule is CC1(C)OB(/C=C/c2ccccn2)OC1(C)C. The highest BCUT2D eigenvalue weighted by molar-refractivity contribution is 6.52. The molecule has 2 rings (SSSR count). The van der Waals surface area contributed by atoms with Gasteiger partial charge in [0.15, 0.2) is 0 Å². The Morgan fingerprint density at radius 2 is 1.76 bits per heavy atom. The molecular formula is C13H18BNO2. The molecule has 1 aromatic rings. The summed E-state index contributed by atoms with van der Waals surface area (Å²) < 4.78 is 11.7. The van der Waals surface area contributed by atoms with Crippen LogP contribution in [0, 0.1) is 0 Å². The first-order valence-electron chi connectivity index (χ1n) is 5.86. The van der Waals surface area contributed by atoms with Crippen LogP contribution in [0.2, 0.25) is 0 Å². The van der Waals surface area contributed by atoms with E-state index in [9.17, 15) is 0 Å². The lowest BCUT2D eigenvalue weighted by molar-refractivity contribution is 0.00578. The molecule has 0 unspecified atom stereocenters. The third-order valence-corrected chi connectivity index (χ3v) is 3.38. The summed E-state index contributed by atoms with van der Waals surface area (Å²) in [5.74, 6) is 1.90. The maximum absolute atomic E-state index is 5.85. The highest BCUT2D eigenvalue weighted by Crippen LogP contribution is 2.36. The summed E-state index contributed by atoms with van der Waals surface area (Å²) in [5, 5.41) is 0. The zero-order chi connectivity index (χ0) is 12.5. The van der Waals surface area contributed by atoms with Gasteiger partial charge < -0.3 is 9.31 Å². The summed E-state index contributed by atoms with van der Waals surface area (Å²) in [4.78, 5) is 4.21. The fraction of sp³-hybridized carbons (Fsp3) is 0.462. The molecule has 0 spiro atoms. The van der Waals surface area contributed by atoms with Gasteiger partial charge in [-0.1, -0.05) is 12.0 Å². The molecule has 1 saturated heterocycles. The molecule has 0 aliphatic carbocycles. The molecule has 4 heteroatoms. The van der Waals surface area contributed by atoms with Crippen LogP contribution in [0.5, 0.6) is 0 Å². The second kappa shape index (κ2) is 4.28. The zero-order valence-electron chi connectivity index (χ0n) is 10.8. The number of nitrogens with zero attached hydrogens (tertiary/aromatic N) is 1. The maximum Gasteiger partial charge on any atom is 0.487 e. The Labute approximate surface area is 103 Å². The van der Waals surface area contributed by atoms with Gasteiger partial charge in [-0.15, -0.1) is 0 Å². The van der Waals surface area contributed by atoms with E-state index in [4.69, 9.17) is 9.31 Å². The van der Waals surface area contributed by atoms with E-state index in [-0.39, 0.29) is 18.3 Å². The molecule has 3 nitrogen and oxygen atoms in total. The van der Waals surface area contributed by atoms with Crippen LogP contribution in [0.3, 0.4) is 0 Å². The molecule has 0 N–H and O–H groups in total. The predicted molar refractivity (Wildman–Crippen MR) is 69.4 cm³/mol. The Hall–Kier alpha value is -1.13. The number of hydrogen-bond acceptors (Lipinski definition) is 3. The van der Waals surface area contributed by atoms with E-state index in [1.165, 1.54) is 0 Å². The molecule has 1 aliphatic heterocycles. The zero-order valence-corrected chi connectivity index (χ0v) is 10.8. The molecule has 2 heterocycles. The van der Waals surface area contributed by atoms with E-state index in [0.29, 0.717) is 0 Å². The van der Waals surface area contributed by atoms with Crippen molar-refractivity contribution in [2.24, 2.45) is 0 Å². The van der Waals surface area contributed by atoms with Gasteiger partial charge in [-0.3, -0.25) is 4.98 Å².